The van der Waals surface area contributed by atoms with Crippen LogP contribution in [0.3, 0.4) is 0 Å². The number of rotatable bonds is 6. The number of nitrogens with one attached hydrogen (secondary N) is 1. The van der Waals surface area contributed by atoms with E-state index in [1.165, 1.54) is 12.0 Å². The molecule has 0 amide bonds. The van der Waals surface area contributed by atoms with Crippen molar-refractivity contribution in [1.82, 2.24) is 10.2 Å². The topological polar surface area (TPSA) is 44.7 Å². The standard InChI is InChI=1S/C24H32N2O2.2ClH/c27-24(12-5-2-6-13-24)23(19-26-16-14-25-15-17-26)20-8-7-11-22(18-20)28-21-9-3-1-4-10-21;;/h1,3-4,7-11,18,23,25,27H,2,5-6,12-17,19H2;2*1H/t23-;;/m0../s1. The zero-order valence-electron chi connectivity index (χ0n) is 17.5. The third-order valence-electron chi connectivity index (χ3n) is 6.26. The van der Waals surface area contributed by atoms with Gasteiger partial charge in [-0.25, -0.2) is 0 Å². The van der Waals surface area contributed by atoms with E-state index in [1.54, 1.807) is 0 Å². The molecule has 2 aliphatic rings. The molecule has 0 radical (unpaired) electrons. The van der Waals surface area contributed by atoms with Crippen LogP contribution in [0.15, 0.2) is 54.6 Å². The normalized spacial score (nSPS) is 19.8. The predicted molar refractivity (Wildman–Crippen MR) is 128 cm³/mol. The largest absolute Gasteiger partial charge is 0.457 e. The Labute approximate surface area is 192 Å². The molecule has 30 heavy (non-hydrogen) atoms. The van der Waals surface area contributed by atoms with Crippen molar-refractivity contribution in [3.63, 3.8) is 0 Å². The minimum atomic E-state index is -0.617. The van der Waals surface area contributed by atoms with Gasteiger partial charge in [-0.05, 0) is 42.7 Å². The molecule has 166 valence electrons. The molecule has 0 spiro atoms. The molecule has 6 heteroatoms. The molecule has 2 fully saturated rings. The van der Waals surface area contributed by atoms with Crippen LogP contribution in [-0.4, -0.2) is 48.3 Å². The summed E-state index contributed by atoms with van der Waals surface area (Å²) in [5.41, 5.74) is 0.575. The summed E-state index contributed by atoms with van der Waals surface area (Å²) in [6.07, 6.45) is 5.27. The zero-order chi connectivity index (χ0) is 19.2. The van der Waals surface area contributed by atoms with E-state index in [4.69, 9.17) is 4.74 Å². The smallest absolute Gasteiger partial charge is 0.127 e. The number of para-hydroxylation sites is 1. The van der Waals surface area contributed by atoms with Gasteiger partial charge in [-0.3, -0.25) is 0 Å². The molecule has 2 aromatic rings. The Balaban J connectivity index is 0.00000160. The van der Waals surface area contributed by atoms with Crippen LogP contribution in [-0.2, 0) is 0 Å². The third-order valence-corrected chi connectivity index (χ3v) is 6.26. The first-order chi connectivity index (χ1) is 13.7. The van der Waals surface area contributed by atoms with E-state index in [2.05, 4.69) is 28.4 Å². The molecule has 0 bridgehead atoms. The summed E-state index contributed by atoms with van der Waals surface area (Å²) in [5.74, 6) is 1.80. The first-order valence-electron chi connectivity index (χ1n) is 10.7. The first kappa shape index (κ1) is 25.0. The molecule has 1 aliphatic heterocycles. The molecule has 1 saturated carbocycles. The van der Waals surface area contributed by atoms with Crippen LogP contribution in [0.25, 0.3) is 0 Å². The molecule has 0 aromatic heterocycles. The van der Waals surface area contributed by atoms with Crippen molar-refractivity contribution in [2.75, 3.05) is 32.7 Å². The average molecular weight is 453 g/mol. The van der Waals surface area contributed by atoms with Crippen molar-refractivity contribution < 1.29 is 9.84 Å². The fourth-order valence-electron chi connectivity index (χ4n) is 4.67. The number of hydrogen-bond acceptors (Lipinski definition) is 4. The van der Waals surface area contributed by atoms with Crippen molar-refractivity contribution >= 4 is 24.8 Å². The maximum Gasteiger partial charge on any atom is 0.127 e. The van der Waals surface area contributed by atoms with Gasteiger partial charge in [-0.1, -0.05) is 49.6 Å². The number of piperazine rings is 1. The monoisotopic (exact) mass is 452 g/mol. The Morgan fingerprint density at radius 1 is 0.900 bits per heavy atom. The molecule has 4 nitrogen and oxygen atoms in total. The molecular formula is C24H34Cl2N2O2. The molecular weight excluding hydrogens is 419 g/mol. The predicted octanol–water partition coefficient (Wildman–Crippen LogP) is 5.01. The summed E-state index contributed by atoms with van der Waals surface area (Å²) in [7, 11) is 0. The highest BCUT2D eigenvalue weighted by molar-refractivity contribution is 5.85. The fourth-order valence-corrected chi connectivity index (χ4v) is 4.67. The lowest BCUT2D eigenvalue weighted by molar-refractivity contribution is -0.0316. The Bertz CT molecular complexity index is 748. The Morgan fingerprint density at radius 3 is 2.27 bits per heavy atom. The molecule has 4 rings (SSSR count). The van der Waals surface area contributed by atoms with Gasteiger partial charge in [0, 0.05) is 38.6 Å². The van der Waals surface area contributed by atoms with Crippen LogP contribution < -0.4 is 10.1 Å². The van der Waals surface area contributed by atoms with Gasteiger partial charge in [0.15, 0.2) is 0 Å². The second-order valence-electron chi connectivity index (χ2n) is 8.26. The fraction of sp³-hybridized carbons (Fsp3) is 0.500. The molecule has 1 aliphatic carbocycles. The van der Waals surface area contributed by atoms with Crippen LogP contribution >= 0.6 is 24.8 Å². The molecule has 2 aromatic carbocycles. The lowest BCUT2D eigenvalue weighted by Gasteiger charge is -2.42. The molecule has 1 heterocycles. The zero-order valence-corrected chi connectivity index (χ0v) is 19.1. The highest BCUT2D eigenvalue weighted by Crippen LogP contribution is 2.41. The minimum Gasteiger partial charge on any atom is -0.457 e. The molecule has 0 unspecified atom stereocenters. The van der Waals surface area contributed by atoms with Crippen LogP contribution in [0, 0.1) is 0 Å². The second-order valence-corrected chi connectivity index (χ2v) is 8.26. The number of benzene rings is 2. The highest BCUT2D eigenvalue weighted by atomic mass is 35.5. The summed E-state index contributed by atoms with van der Waals surface area (Å²) >= 11 is 0. The summed E-state index contributed by atoms with van der Waals surface area (Å²) in [4.78, 5) is 2.50. The van der Waals surface area contributed by atoms with Gasteiger partial charge in [0.2, 0.25) is 0 Å². The SMILES string of the molecule is Cl.Cl.OC1([C@@H](CN2CCNCC2)c2cccc(Oc3ccccc3)c2)CCCCC1. The lowest BCUT2D eigenvalue weighted by atomic mass is 9.72. The van der Waals surface area contributed by atoms with Gasteiger partial charge in [0.25, 0.3) is 0 Å². The molecule has 1 saturated heterocycles. The van der Waals surface area contributed by atoms with Crippen LogP contribution in [0.2, 0.25) is 0 Å². The average Bonchev–Trinajstić information content (AvgIpc) is 2.74. The maximum absolute atomic E-state index is 11.6. The maximum atomic E-state index is 11.6. The van der Waals surface area contributed by atoms with E-state index >= 15 is 0 Å². The van der Waals surface area contributed by atoms with Crippen molar-refractivity contribution in [2.45, 2.75) is 43.6 Å². The van der Waals surface area contributed by atoms with Gasteiger partial charge < -0.3 is 20.1 Å². The van der Waals surface area contributed by atoms with Gasteiger partial charge in [-0.2, -0.15) is 0 Å². The van der Waals surface area contributed by atoms with Gasteiger partial charge >= 0.3 is 0 Å². The van der Waals surface area contributed by atoms with Crippen molar-refractivity contribution in [3.05, 3.63) is 60.2 Å². The molecule has 2 N–H and O–H groups in total. The Kier molecular flexibility index (Phi) is 9.92. The number of hydrogen-bond donors (Lipinski definition) is 2. The Hall–Kier alpha value is -1.30. The van der Waals surface area contributed by atoms with E-state index in [-0.39, 0.29) is 30.7 Å². The molecule has 1 atom stereocenters. The third kappa shape index (κ3) is 6.35. The van der Waals surface area contributed by atoms with Gasteiger partial charge in [-0.15, -0.1) is 24.8 Å². The highest BCUT2D eigenvalue weighted by Gasteiger charge is 2.39. The van der Waals surface area contributed by atoms with Crippen molar-refractivity contribution in [2.24, 2.45) is 0 Å². The van der Waals surface area contributed by atoms with E-state index in [0.717, 1.165) is 69.9 Å². The number of halogens is 2. The lowest BCUT2D eigenvalue weighted by Crippen LogP contribution is -2.49. The number of aliphatic hydroxyl groups is 1. The van der Waals surface area contributed by atoms with Crippen molar-refractivity contribution in [1.29, 1.82) is 0 Å². The van der Waals surface area contributed by atoms with Crippen LogP contribution in [0.1, 0.15) is 43.6 Å². The van der Waals surface area contributed by atoms with E-state index < -0.39 is 5.60 Å². The van der Waals surface area contributed by atoms with E-state index in [9.17, 15) is 5.11 Å². The first-order valence-corrected chi connectivity index (χ1v) is 10.7. The van der Waals surface area contributed by atoms with E-state index in [0.29, 0.717) is 0 Å². The minimum absolute atomic E-state index is 0. The van der Waals surface area contributed by atoms with Crippen LogP contribution in [0.4, 0.5) is 0 Å². The summed E-state index contributed by atoms with van der Waals surface area (Å²) in [5, 5.41) is 15.0. The second kappa shape index (κ2) is 11.9. The van der Waals surface area contributed by atoms with Crippen molar-refractivity contribution in [3.8, 4) is 11.5 Å². The summed E-state index contributed by atoms with van der Waals surface area (Å²) < 4.78 is 6.07. The van der Waals surface area contributed by atoms with Gasteiger partial charge in [0.1, 0.15) is 11.5 Å². The van der Waals surface area contributed by atoms with E-state index in [1.807, 2.05) is 36.4 Å². The Morgan fingerprint density at radius 2 is 1.57 bits per heavy atom. The number of nitrogens with zero attached hydrogens (tertiary/aromatic N) is 1. The number of ether oxygens (including phenoxy) is 1. The van der Waals surface area contributed by atoms with Gasteiger partial charge in [0.05, 0.1) is 5.60 Å². The quantitative estimate of drug-likeness (QED) is 0.646. The summed E-state index contributed by atoms with van der Waals surface area (Å²) in [6.45, 7) is 5.07. The summed E-state index contributed by atoms with van der Waals surface area (Å²) in [6, 6.07) is 18.3. The van der Waals surface area contributed by atoms with Crippen LogP contribution in [0.5, 0.6) is 11.5 Å².